The van der Waals surface area contributed by atoms with Crippen molar-refractivity contribution in [3.63, 3.8) is 0 Å². The molecule has 0 radical (unpaired) electrons. The van der Waals surface area contributed by atoms with Gasteiger partial charge in [-0.25, -0.2) is 0 Å². The predicted molar refractivity (Wildman–Crippen MR) is 112 cm³/mol. The number of carbonyl (C=O) groups excluding carboxylic acids is 1. The Labute approximate surface area is 182 Å². The fourth-order valence-corrected chi connectivity index (χ4v) is 4.84. The molecule has 31 heavy (non-hydrogen) atoms. The number of amides is 1. The molecule has 2 saturated heterocycles. The Kier molecular flexibility index (Phi) is 6.15. The average Bonchev–Trinajstić information content (AvgIpc) is 3.37. The summed E-state index contributed by atoms with van der Waals surface area (Å²) in [6, 6.07) is 5.44. The molecule has 2 aliphatic rings. The summed E-state index contributed by atoms with van der Waals surface area (Å²) in [6.45, 7) is 2.71. The average molecular weight is 431 g/mol. The van der Waals surface area contributed by atoms with Gasteiger partial charge in [-0.05, 0) is 43.9 Å². The molecule has 0 saturated carbocycles. The molecule has 1 amide bonds. The third kappa shape index (κ3) is 4.24. The van der Waals surface area contributed by atoms with Crippen LogP contribution in [0.15, 0.2) is 22.7 Å². The summed E-state index contributed by atoms with van der Waals surface area (Å²) in [5.41, 5.74) is 0.723. The Morgan fingerprint density at radius 1 is 1.23 bits per heavy atom. The van der Waals surface area contributed by atoms with E-state index < -0.39 is 0 Å². The molecule has 0 bridgehead atoms. The Bertz CT molecular complexity index is 922. The van der Waals surface area contributed by atoms with Gasteiger partial charge in [0.15, 0.2) is 5.82 Å². The van der Waals surface area contributed by atoms with Gasteiger partial charge < -0.3 is 23.6 Å². The third-order valence-corrected chi connectivity index (χ3v) is 6.54. The van der Waals surface area contributed by atoms with Crippen molar-refractivity contribution in [1.82, 2.24) is 19.9 Å². The summed E-state index contributed by atoms with van der Waals surface area (Å²) >= 11 is 0. The van der Waals surface area contributed by atoms with Gasteiger partial charge in [0.05, 0.1) is 25.8 Å². The number of benzene rings is 1. The highest BCUT2D eigenvalue weighted by Gasteiger charge is 2.46. The minimum absolute atomic E-state index is 0.000343. The van der Waals surface area contributed by atoms with Crippen molar-refractivity contribution in [3.8, 4) is 11.5 Å². The molecule has 1 unspecified atom stereocenters. The second-order valence-corrected chi connectivity index (χ2v) is 8.47. The van der Waals surface area contributed by atoms with Gasteiger partial charge in [0.2, 0.25) is 0 Å². The molecule has 1 spiro atoms. The highest BCUT2D eigenvalue weighted by molar-refractivity contribution is 5.97. The van der Waals surface area contributed by atoms with Crippen LogP contribution in [0.4, 0.5) is 0 Å². The lowest BCUT2D eigenvalue weighted by atomic mass is 9.76. The summed E-state index contributed by atoms with van der Waals surface area (Å²) < 4.78 is 21.0. The molecule has 4 rings (SSSR count). The largest absolute Gasteiger partial charge is 0.497 e. The molecule has 9 heteroatoms. The van der Waals surface area contributed by atoms with Crippen molar-refractivity contribution in [1.29, 1.82) is 0 Å². The van der Waals surface area contributed by atoms with Crippen LogP contribution < -0.4 is 9.47 Å². The molecule has 9 nitrogen and oxygen atoms in total. The van der Waals surface area contributed by atoms with E-state index in [2.05, 4.69) is 22.1 Å². The maximum atomic E-state index is 13.1. The molecule has 1 aromatic carbocycles. The number of nitrogens with zero attached hydrogens (tertiary/aromatic N) is 4. The number of hydrogen-bond donors (Lipinski definition) is 0. The van der Waals surface area contributed by atoms with Crippen molar-refractivity contribution >= 4 is 5.91 Å². The first-order valence-corrected chi connectivity index (χ1v) is 10.5. The van der Waals surface area contributed by atoms with Gasteiger partial charge in [-0.15, -0.1) is 0 Å². The Hall–Kier alpha value is -2.65. The van der Waals surface area contributed by atoms with Crippen LogP contribution in [-0.4, -0.2) is 73.9 Å². The number of ether oxygens (including phenoxy) is 3. The number of rotatable bonds is 6. The lowest BCUT2D eigenvalue weighted by molar-refractivity contribution is 0.0590. The first-order valence-electron chi connectivity index (χ1n) is 10.5. The van der Waals surface area contributed by atoms with E-state index in [0.29, 0.717) is 35.4 Å². The maximum absolute atomic E-state index is 13.1. The number of carbonyl (C=O) groups is 1. The van der Waals surface area contributed by atoms with Crippen LogP contribution in [0.5, 0.6) is 11.5 Å². The van der Waals surface area contributed by atoms with Gasteiger partial charge >= 0.3 is 0 Å². The molecule has 1 atom stereocenters. The van der Waals surface area contributed by atoms with Crippen LogP contribution in [0.3, 0.4) is 0 Å². The summed E-state index contributed by atoms with van der Waals surface area (Å²) in [5.74, 6) is 2.42. The fourth-order valence-electron chi connectivity index (χ4n) is 4.84. The number of methoxy groups -OCH3 is 3. The number of aromatic nitrogens is 2. The summed E-state index contributed by atoms with van der Waals surface area (Å²) in [5, 5.41) is 4.16. The number of piperidine rings is 1. The quantitative estimate of drug-likeness (QED) is 0.691. The zero-order chi connectivity index (χ0) is 22.0. The van der Waals surface area contributed by atoms with E-state index in [1.54, 1.807) is 39.5 Å². The Balaban J connectivity index is 1.42. The molecule has 0 N–H and O–H groups in total. The molecule has 3 heterocycles. The lowest BCUT2D eigenvalue weighted by Crippen LogP contribution is -2.44. The zero-order valence-electron chi connectivity index (χ0n) is 18.6. The monoisotopic (exact) mass is 430 g/mol. The zero-order valence-corrected chi connectivity index (χ0v) is 18.6. The minimum Gasteiger partial charge on any atom is -0.497 e. The fraction of sp³-hybridized carbons (Fsp3) is 0.591. The van der Waals surface area contributed by atoms with E-state index in [0.717, 1.165) is 38.9 Å². The van der Waals surface area contributed by atoms with E-state index in [4.69, 9.17) is 18.7 Å². The molecule has 1 aromatic heterocycles. The first-order chi connectivity index (χ1) is 15.0. The molecular weight excluding hydrogens is 400 g/mol. The SMILES string of the molecule is COCc1nc(C2CC3(CCN(C(=O)c4ccc(OC)cc4OC)CC3)CN2C)no1. The minimum atomic E-state index is -0.000343. The van der Waals surface area contributed by atoms with Gasteiger partial charge in [0.1, 0.15) is 18.1 Å². The molecule has 2 fully saturated rings. The number of hydrogen-bond acceptors (Lipinski definition) is 8. The van der Waals surface area contributed by atoms with Gasteiger partial charge in [-0.2, -0.15) is 4.98 Å². The second kappa shape index (κ2) is 8.84. The van der Waals surface area contributed by atoms with Gasteiger partial charge in [0, 0.05) is 32.8 Å². The van der Waals surface area contributed by atoms with E-state index in [1.807, 2.05) is 4.90 Å². The standard InChI is InChI=1S/C22H30N4O5/c1-25-14-22(12-17(25)20-23-19(13-28-2)31-24-20)7-9-26(10-8-22)21(27)16-6-5-15(29-3)11-18(16)30-4/h5-6,11,17H,7-10,12-14H2,1-4H3. The Morgan fingerprint density at radius 2 is 2.00 bits per heavy atom. The van der Waals surface area contributed by atoms with Crippen LogP contribution in [0.2, 0.25) is 0 Å². The van der Waals surface area contributed by atoms with Crippen LogP contribution in [-0.2, 0) is 11.3 Å². The molecular formula is C22H30N4O5. The van der Waals surface area contributed by atoms with Crippen LogP contribution in [0, 0.1) is 5.41 Å². The van der Waals surface area contributed by atoms with E-state index in [1.165, 1.54) is 0 Å². The Morgan fingerprint density at radius 3 is 2.68 bits per heavy atom. The lowest BCUT2D eigenvalue weighted by Gasteiger charge is -2.39. The number of likely N-dealkylation sites (tertiary alicyclic amines) is 2. The van der Waals surface area contributed by atoms with Crippen molar-refractivity contribution in [3.05, 3.63) is 35.5 Å². The van der Waals surface area contributed by atoms with E-state index in [9.17, 15) is 4.79 Å². The highest BCUT2D eigenvalue weighted by Crippen LogP contribution is 2.48. The van der Waals surface area contributed by atoms with Crippen molar-refractivity contribution in [2.75, 3.05) is 48.0 Å². The van der Waals surface area contributed by atoms with Gasteiger partial charge in [0.25, 0.3) is 11.8 Å². The highest BCUT2D eigenvalue weighted by atomic mass is 16.5. The van der Waals surface area contributed by atoms with Crippen LogP contribution >= 0.6 is 0 Å². The predicted octanol–water partition coefficient (Wildman–Crippen LogP) is 2.53. The van der Waals surface area contributed by atoms with Crippen molar-refractivity contribution < 1.29 is 23.5 Å². The first kappa shape index (κ1) is 21.6. The topological polar surface area (TPSA) is 90.2 Å². The second-order valence-electron chi connectivity index (χ2n) is 8.47. The summed E-state index contributed by atoms with van der Waals surface area (Å²) in [7, 11) is 6.88. The van der Waals surface area contributed by atoms with Crippen LogP contribution in [0.1, 0.15) is 47.4 Å². The van der Waals surface area contributed by atoms with Crippen molar-refractivity contribution in [2.24, 2.45) is 5.41 Å². The van der Waals surface area contributed by atoms with E-state index in [-0.39, 0.29) is 17.4 Å². The smallest absolute Gasteiger partial charge is 0.257 e. The molecule has 2 aromatic rings. The van der Waals surface area contributed by atoms with Crippen LogP contribution in [0.25, 0.3) is 0 Å². The maximum Gasteiger partial charge on any atom is 0.257 e. The summed E-state index contributed by atoms with van der Waals surface area (Å²) in [6.07, 6.45) is 2.85. The van der Waals surface area contributed by atoms with E-state index >= 15 is 0 Å². The van der Waals surface area contributed by atoms with Gasteiger partial charge in [-0.1, -0.05) is 5.16 Å². The van der Waals surface area contributed by atoms with Crippen molar-refractivity contribution in [2.45, 2.75) is 31.9 Å². The molecule has 168 valence electrons. The molecule has 2 aliphatic heterocycles. The third-order valence-electron chi connectivity index (χ3n) is 6.54. The molecule has 0 aliphatic carbocycles. The normalized spacial score (nSPS) is 20.9. The summed E-state index contributed by atoms with van der Waals surface area (Å²) in [4.78, 5) is 21.9. The van der Waals surface area contributed by atoms with Gasteiger partial charge in [-0.3, -0.25) is 9.69 Å².